The average molecular weight is 169 g/mol. The van der Waals surface area contributed by atoms with Crippen molar-refractivity contribution in [3.8, 4) is 0 Å². The summed E-state index contributed by atoms with van der Waals surface area (Å²) in [5.74, 6) is -0.840. The second-order valence-electron chi connectivity index (χ2n) is 1.78. The Morgan fingerprint density at radius 3 is 2.14 bits per heavy atom. The van der Waals surface area contributed by atoms with Crippen LogP contribution in [0.1, 0.15) is 13.8 Å². The van der Waals surface area contributed by atoms with Crippen LogP contribution in [0.25, 0.3) is 0 Å². The van der Waals surface area contributed by atoms with Crippen molar-refractivity contribution in [2.75, 3.05) is 0 Å². The fourth-order valence-corrected chi connectivity index (χ4v) is 0. The summed E-state index contributed by atoms with van der Waals surface area (Å²) in [6.07, 6.45) is 0. The van der Waals surface area contributed by atoms with Crippen molar-refractivity contribution >= 4 is 21.9 Å². The second-order valence-corrected chi connectivity index (χ2v) is 3.76. The molecule has 0 rings (SSSR count). The van der Waals surface area contributed by atoms with E-state index in [0.29, 0.717) is 0 Å². The van der Waals surface area contributed by atoms with Gasteiger partial charge < -0.3 is 5.11 Å². The molecule has 0 spiro atoms. The van der Waals surface area contributed by atoms with E-state index in [0.717, 1.165) is 0 Å². The van der Waals surface area contributed by atoms with E-state index in [4.69, 9.17) is 5.11 Å². The smallest absolute Gasteiger partial charge is 0.319 e. The summed E-state index contributed by atoms with van der Waals surface area (Å²) in [5, 5.41) is 8.20. The first kappa shape index (κ1) is 6.95. The van der Waals surface area contributed by atoms with Crippen LogP contribution >= 0.6 is 15.9 Å². The second kappa shape index (κ2) is 1.82. The Labute approximate surface area is 50.7 Å². The van der Waals surface area contributed by atoms with E-state index in [2.05, 4.69) is 15.9 Å². The number of alkyl halides is 1. The molecule has 0 heterocycles. The highest BCUT2D eigenvalue weighted by Gasteiger charge is 2.21. The average Bonchev–Trinajstić information content (AvgIpc) is 1.31. The van der Waals surface area contributed by atoms with Crippen molar-refractivity contribution in [3.63, 3.8) is 0 Å². The number of aliphatic carboxylic acids is 1. The number of hydrogen-bond donors (Lipinski definition) is 1. The van der Waals surface area contributed by atoms with Gasteiger partial charge in [0.1, 0.15) is 4.32 Å². The van der Waals surface area contributed by atoms with Crippen molar-refractivity contribution in [2.24, 2.45) is 0 Å². The molecule has 0 bridgehead atoms. The van der Waals surface area contributed by atoms with Gasteiger partial charge in [-0.25, -0.2) is 0 Å². The van der Waals surface area contributed by atoms with E-state index < -0.39 is 10.3 Å². The number of carboxylic acids is 1. The molecule has 0 aromatic heterocycles. The van der Waals surface area contributed by atoms with Crippen molar-refractivity contribution in [1.29, 1.82) is 0 Å². The molecule has 2 nitrogen and oxygen atoms in total. The maximum atomic E-state index is 9.97. The molecule has 1 N–H and O–H groups in total. The van der Waals surface area contributed by atoms with E-state index in [1.807, 2.05) is 0 Å². The monoisotopic (exact) mass is 168 g/mol. The molecular formula is C4H7BrO2. The van der Waals surface area contributed by atoms with Gasteiger partial charge in [-0.05, 0) is 13.8 Å². The lowest BCUT2D eigenvalue weighted by Gasteiger charge is -2.06. The third kappa shape index (κ3) is 2.62. The molecule has 0 fully saturated rings. The van der Waals surface area contributed by atoms with Crippen molar-refractivity contribution < 1.29 is 9.90 Å². The van der Waals surface area contributed by atoms with E-state index in [9.17, 15) is 4.79 Å². The minimum absolute atomic E-state index is 0.771. The van der Waals surface area contributed by atoms with Gasteiger partial charge in [-0.2, -0.15) is 0 Å². The summed E-state index contributed by atoms with van der Waals surface area (Å²) >= 11 is 2.94. The van der Waals surface area contributed by atoms with Crippen molar-refractivity contribution in [2.45, 2.75) is 18.2 Å². The molecule has 0 aliphatic rings. The number of carbonyl (C=O) groups is 1. The Morgan fingerprint density at radius 2 is 2.14 bits per heavy atom. The van der Waals surface area contributed by atoms with Gasteiger partial charge in [0.2, 0.25) is 0 Å². The van der Waals surface area contributed by atoms with Crippen LogP contribution in [0.2, 0.25) is 0 Å². The van der Waals surface area contributed by atoms with Gasteiger partial charge in [-0.1, -0.05) is 15.9 Å². The van der Waals surface area contributed by atoms with Gasteiger partial charge in [-0.3, -0.25) is 4.79 Å². The van der Waals surface area contributed by atoms with Crippen LogP contribution in [0.15, 0.2) is 0 Å². The molecule has 3 heteroatoms. The molecule has 42 valence electrons. The first-order valence-electron chi connectivity index (χ1n) is 1.87. The zero-order valence-corrected chi connectivity index (χ0v) is 5.82. The van der Waals surface area contributed by atoms with E-state index in [1.54, 1.807) is 13.8 Å². The lowest BCUT2D eigenvalue weighted by atomic mass is 10.4. The van der Waals surface area contributed by atoms with Gasteiger partial charge >= 0.3 is 5.97 Å². The fraction of sp³-hybridized carbons (Fsp3) is 0.750. The zero-order valence-electron chi connectivity index (χ0n) is 4.23. The molecule has 0 aromatic carbocycles. The molecule has 0 aliphatic carbocycles. The number of rotatable bonds is 1. The van der Waals surface area contributed by atoms with Crippen LogP contribution in [-0.2, 0) is 4.79 Å². The summed E-state index contributed by atoms with van der Waals surface area (Å²) in [6.45, 7) is 3.16. The Kier molecular flexibility index (Phi) is 1.81. The van der Waals surface area contributed by atoms with Gasteiger partial charge in [0.25, 0.3) is 0 Å². The van der Waals surface area contributed by atoms with Crippen LogP contribution in [0, 0.1) is 0 Å². The normalized spacial score (nSPS) is 18.1. The maximum absolute atomic E-state index is 9.97. The summed E-state index contributed by atoms with van der Waals surface area (Å²) in [7, 11) is 0. The van der Waals surface area contributed by atoms with Crippen LogP contribution in [0.4, 0.5) is 0 Å². The quantitative estimate of drug-likeness (QED) is 0.599. The summed E-state index contributed by atoms with van der Waals surface area (Å²) in [4.78, 5) is 9.97. The number of carboxylic acid groups (broad SMARTS) is 1. The van der Waals surface area contributed by atoms with Gasteiger partial charge in [0.05, 0.1) is 0 Å². The molecule has 0 aliphatic heterocycles. The molecule has 0 saturated heterocycles. The van der Waals surface area contributed by atoms with Gasteiger partial charge in [0, 0.05) is 0 Å². The summed E-state index contributed by atoms with van der Waals surface area (Å²) in [5.41, 5.74) is 0. The predicted octanol–water partition coefficient (Wildman–Crippen LogP) is 1.24. The van der Waals surface area contributed by atoms with Crippen LogP contribution in [0.3, 0.4) is 0 Å². The zero-order chi connectivity index (χ0) is 6.08. The van der Waals surface area contributed by atoms with Crippen molar-refractivity contribution in [3.05, 3.63) is 0 Å². The lowest BCUT2D eigenvalue weighted by Crippen LogP contribution is -2.22. The highest BCUT2D eigenvalue weighted by Crippen LogP contribution is 2.14. The molecule has 0 aromatic rings. The van der Waals surface area contributed by atoms with Crippen LogP contribution in [0.5, 0.6) is 0 Å². The summed E-state index contributed by atoms with van der Waals surface area (Å²) in [6, 6.07) is 0. The molecule has 1 atom stereocenters. The largest absolute Gasteiger partial charge is 0.480 e. The first-order valence-corrected chi connectivity index (χ1v) is 2.66. The highest BCUT2D eigenvalue weighted by molar-refractivity contribution is 9.10. The molecule has 0 radical (unpaired) electrons. The van der Waals surface area contributed by atoms with Gasteiger partial charge in [-0.15, -0.1) is 0 Å². The molecule has 0 saturated carbocycles. The Bertz CT molecular complexity index is 82.2. The maximum Gasteiger partial charge on any atom is 0.319 e. The molecule has 1 unspecified atom stereocenters. The SMILES string of the molecule is CC([14CH3])(Br)C(=O)O. The minimum Gasteiger partial charge on any atom is -0.480 e. The number of halogens is 1. The Hall–Kier alpha value is -0.0500. The van der Waals surface area contributed by atoms with E-state index >= 15 is 0 Å². The third-order valence-corrected chi connectivity index (χ3v) is 0.848. The number of hydrogen-bond acceptors (Lipinski definition) is 1. The first-order chi connectivity index (χ1) is 2.94. The van der Waals surface area contributed by atoms with E-state index in [1.165, 1.54) is 0 Å². The topological polar surface area (TPSA) is 37.3 Å². The van der Waals surface area contributed by atoms with Crippen LogP contribution < -0.4 is 0 Å². The fourth-order valence-electron chi connectivity index (χ4n) is 0. The lowest BCUT2D eigenvalue weighted by molar-refractivity contribution is -0.138. The molecule has 7 heavy (non-hydrogen) atoms. The van der Waals surface area contributed by atoms with Crippen molar-refractivity contribution in [1.82, 2.24) is 0 Å². The molecule has 0 amide bonds. The third-order valence-electron chi connectivity index (χ3n) is 0.509. The highest BCUT2D eigenvalue weighted by atomic mass is 79.9. The Morgan fingerprint density at radius 1 is 2.00 bits per heavy atom. The summed E-state index contributed by atoms with van der Waals surface area (Å²) < 4.78 is -0.771. The Balaban J connectivity index is 3.79. The van der Waals surface area contributed by atoms with Gasteiger partial charge in [0.15, 0.2) is 0 Å². The minimum atomic E-state index is -0.840. The standard InChI is InChI=1S/C4H7BrO2/c1-4(2,5)3(6)7/h1-2H3,(H,6,7)/i1+2. The molecular weight excluding hydrogens is 162 g/mol. The van der Waals surface area contributed by atoms with Crippen LogP contribution in [-0.4, -0.2) is 15.4 Å². The van der Waals surface area contributed by atoms with E-state index in [-0.39, 0.29) is 0 Å². The predicted molar refractivity (Wildman–Crippen MR) is 30.6 cm³/mol.